The Morgan fingerprint density at radius 3 is 2.71 bits per heavy atom. The van der Waals surface area contributed by atoms with E-state index in [0.717, 1.165) is 32.1 Å². The van der Waals surface area contributed by atoms with E-state index in [0.29, 0.717) is 23.6 Å². The second-order valence-electron chi connectivity index (χ2n) is 6.44. The quantitative estimate of drug-likeness (QED) is 0.727. The van der Waals surface area contributed by atoms with Gasteiger partial charge in [0.05, 0.1) is 13.2 Å². The summed E-state index contributed by atoms with van der Waals surface area (Å²) in [4.78, 5) is 12.4. The summed E-state index contributed by atoms with van der Waals surface area (Å²) in [6.45, 7) is 2.58. The Hall–Kier alpha value is -1.75. The van der Waals surface area contributed by atoms with Gasteiger partial charge in [0.15, 0.2) is 11.5 Å². The van der Waals surface area contributed by atoms with Crippen molar-refractivity contribution in [3.05, 3.63) is 23.8 Å². The van der Waals surface area contributed by atoms with Crippen molar-refractivity contribution in [2.24, 2.45) is 5.73 Å². The number of carbonyl (C=O) groups is 1. The Morgan fingerprint density at radius 1 is 1.33 bits per heavy atom. The fourth-order valence-electron chi connectivity index (χ4n) is 3.06. The fraction of sp³-hybridized carbons (Fsp3) is 0.632. The van der Waals surface area contributed by atoms with Crippen LogP contribution >= 0.6 is 0 Å². The Bertz CT molecular complexity index is 527. The normalized spacial score (nSPS) is 16.0. The van der Waals surface area contributed by atoms with Crippen molar-refractivity contribution in [1.82, 2.24) is 5.32 Å². The third-order valence-corrected chi connectivity index (χ3v) is 4.55. The largest absolute Gasteiger partial charge is 0.493 e. The van der Waals surface area contributed by atoms with Crippen LogP contribution in [0.4, 0.5) is 0 Å². The topological polar surface area (TPSA) is 73.6 Å². The molecule has 2 rings (SSSR count). The van der Waals surface area contributed by atoms with Gasteiger partial charge in [0, 0.05) is 18.2 Å². The van der Waals surface area contributed by atoms with Crippen molar-refractivity contribution in [3.8, 4) is 11.5 Å². The molecule has 1 aromatic carbocycles. The number of hydrogen-bond acceptors (Lipinski definition) is 4. The Morgan fingerprint density at radius 2 is 2.08 bits per heavy atom. The number of amides is 1. The first-order chi connectivity index (χ1) is 11.7. The van der Waals surface area contributed by atoms with Crippen LogP contribution in [0.2, 0.25) is 0 Å². The summed E-state index contributed by atoms with van der Waals surface area (Å²) in [5, 5.41) is 3.00. The van der Waals surface area contributed by atoms with Crippen LogP contribution in [-0.4, -0.2) is 31.7 Å². The molecule has 1 amide bonds. The van der Waals surface area contributed by atoms with Gasteiger partial charge < -0.3 is 20.5 Å². The average Bonchev–Trinajstić information content (AvgIpc) is 3.11. The summed E-state index contributed by atoms with van der Waals surface area (Å²) >= 11 is 0. The Balaban J connectivity index is 2.02. The van der Waals surface area contributed by atoms with Gasteiger partial charge in [-0.2, -0.15) is 0 Å². The summed E-state index contributed by atoms with van der Waals surface area (Å²) in [6.07, 6.45) is 7.90. The fourth-order valence-corrected chi connectivity index (χ4v) is 3.06. The lowest BCUT2D eigenvalue weighted by molar-refractivity contribution is 0.0935. The lowest BCUT2D eigenvalue weighted by Crippen LogP contribution is -2.40. The van der Waals surface area contributed by atoms with Gasteiger partial charge in [0.2, 0.25) is 0 Å². The molecule has 1 aromatic rings. The molecule has 3 N–H and O–H groups in total. The molecule has 24 heavy (non-hydrogen) atoms. The van der Waals surface area contributed by atoms with Crippen LogP contribution in [0.15, 0.2) is 18.2 Å². The maximum atomic E-state index is 12.4. The summed E-state index contributed by atoms with van der Waals surface area (Å²) in [6, 6.07) is 5.37. The van der Waals surface area contributed by atoms with E-state index in [1.54, 1.807) is 19.2 Å². The van der Waals surface area contributed by atoms with Crippen LogP contribution in [0.25, 0.3) is 0 Å². The van der Waals surface area contributed by atoms with E-state index in [1.807, 2.05) is 6.07 Å². The van der Waals surface area contributed by atoms with E-state index < -0.39 is 0 Å². The van der Waals surface area contributed by atoms with Crippen molar-refractivity contribution in [2.75, 3.05) is 13.7 Å². The number of methoxy groups -OCH3 is 1. The lowest BCUT2D eigenvalue weighted by atomic mass is 10.1. The molecule has 0 aromatic heterocycles. The summed E-state index contributed by atoms with van der Waals surface area (Å²) in [7, 11) is 1.60. The number of ether oxygens (including phenoxy) is 2. The minimum Gasteiger partial charge on any atom is -0.493 e. The molecule has 134 valence electrons. The minimum atomic E-state index is -0.118. The van der Waals surface area contributed by atoms with Crippen molar-refractivity contribution in [2.45, 2.75) is 64.0 Å². The van der Waals surface area contributed by atoms with Crippen LogP contribution in [-0.2, 0) is 0 Å². The molecule has 1 atom stereocenters. The third-order valence-electron chi connectivity index (χ3n) is 4.55. The Labute approximate surface area is 144 Å². The van der Waals surface area contributed by atoms with Crippen molar-refractivity contribution in [3.63, 3.8) is 0 Å². The standard InChI is InChI=1S/C19H30N2O3/c1-3-4-7-15(13-20)21-19(22)14-10-11-17(18(12-14)23-2)24-16-8-5-6-9-16/h10-12,15-16H,3-9,13,20H2,1-2H3,(H,21,22). The summed E-state index contributed by atoms with van der Waals surface area (Å²) in [5.74, 6) is 1.20. The van der Waals surface area contributed by atoms with Gasteiger partial charge in [-0.1, -0.05) is 19.8 Å². The molecule has 0 spiro atoms. The van der Waals surface area contributed by atoms with Crippen molar-refractivity contribution < 1.29 is 14.3 Å². The second-order valence-corrected chi connectivity index (χ2v) is 6.44. The van der Waals surface area contributed by atoms with E-state index in [2.05, 4.69) is 12.2 Å². The highest BCUT2D eigenvalue weighted by molar-refractivity contribution is 5.95. The molecule has 5 heteroatoms. The summed E-state index contributed by atoms with van der Waals surface area (Å²) in [5.41, 5.74) is 6.32. The zero-order valence-electron chi connectivity index (χ0n) is 14.8. The highest BCUT2D eigenvalue weighted by Gasteiger charge is 2.20. The van der Waals surface area contributed by atoms with E-state index in [1.165, 1.54) is 12.8 Å². The van der Waals surface area contributed by atoms with Crippen molar-refractivity contribution >= 4 is 5.91 Å². The number of benzene rings is 1. The molecule has 0 heterocycles. The molecule has 1 aliphatic carbocycles. The lowest BCUT2D eigenvalue weighted by Gasteiger charge is -2.18. The number of carbonyl (C=O) groups excluding carboxylic acids is 1. The highest BCUT2D eigenvalue weighted by Crippen LogP contribution is 2.32. The average molecular weight is 334 g/mol. The predicted octanol–water partition coefficient (Wildman–Crippen LogP) is 3.26. The first kappa shape index (κ1) is 18.6. The Kier molecular flexibility index (Phi) is 7.37. The maximum absolute atomic E-state index is 12.4. The number of hydrogen-bond donors (Lipinski definition) is 2. The molecule has 1 saturated carbocycles. The number of nitrogens with one attached hydrogen (secondary N) is 1. The smallest absolute Gasteiger partial charge is 0.251 e. The molecule has 0 aliphatic heterocycles. The van der Waals surface area contributed by atoms with Crippen molar-refractivity contribution in [1.29, 1.82) is 0 Å². The van der Waals surface area contributed by atoms with Gasteiger partial charge in [-0.25, -0.2) is 0 Å². The van der Waals surface area contributed by atoms with Crippen LogP contribution in [0, 0.1) is 0 Å². The number of rotatable bonds is 9. The first-order valence-electron chi connectivity index (χ1n) is 9.03. The zero-order chi connectivity index (χ0) is 17.4. The third kappa shape index (κ3) is 5.13. The van der Waals surface area contributed by atoms with E-state index in [4.69, 9.17) is 15.2 Å². The van der Waals surface area contributed by atoms with E-state index in [9.17, 15) is 4.79 Å². The van der Waals surface area contributed by atoms with Gasteiger partial charge in [-0.15, -0.1) is 0 Å². The van der Waals surface area contributed by atoms with Gasteiger partial charge >= 0.3 is 0 Å². The van der Waals surface area contributed by atoms with Gasteiger partial charge in [0.1, 0.15) is 0 Å². The molecule has 5 nitrogen and oxygen atoms in total. The molecular weight excluding hydrogens is 304 g/mol. The van der Waals surface area contributed by atoms with Gasteiger partial charge in [0.25, 0.3) is 5.91 Å². The number of nitrogens with two attached hydrogens (primary N) is 1. The van der Waals surface area contributed by atoms with Crippen LogP contribution in [0.1, 0.15) is 62.2 Å². The van der Waals surface area contributed by atoms with E-state index >= 15 is 0 Å². The molecule has 1 unspecified atom stereocenters. The maximum Gasteiger partial charge on any atom is 0.251 e. The molecule has 0 radical (unpaired) electrons. The number of unbranched alkanes of at least 4 members (excludes halogenated alkanes) is 1. The molecule has 1 aliphatic rings. The van der Waals surface area contributed by atoms with Crippen LogP contribution < -0.4 is 20.5 Å². The monoisotopic (exact) mass is 334 g/mol. The molecule has 0 bridgehead atoms. The zero-order valence-corrected chi connectivity index (χ0v) is 14.8. The van der Waals surface area contributed by atoms with Crippen LogP contribution in [0.5, 0.6) is 11.5 Å². The molecule has 0 saturated heterocycles. The summed E-state index contributed by atoms with van der Waals surface area (Å²) < 4.78 is 11.4. The van der Waals surface area contributed by atoms with Gasteiger partial charge in [-0.3, -0.25) is 4.79 Å². The molecule has 1 fully saturated rings. The van der Waals surface area contributed by atoms with E-state index in [-0.39, 0.29) is 18.1 Å². The van der Waals surface area contributed by atoms with Gasteiger partial charge in [-0.05, 0) is 50.3 Å². The SMILES string of the molecule is CCCCC(CN)NC(=O)c1ccc(OC2CCCC2)c(OC)c1. The minimum absolute atomic E-state index is 0.0119. The first-order valence-corrected chi connectivity index (χ1v) is 9.03. The second kappa shape index (κ2) is 9.52. The highest BCUT2D eigenvalue weighted by atomic mass is 16.5. The van der Waals surface area contributed by atoms with Crippen LogP contribution in [0.3, 0.4) is 0 Å². The molecular formula is C19H30N2O3. The predicted molar refractivity (Wildman–Crippen MR) is 95.7 cm³/mol.